The van der Waals surface area contributed by atoms with E-state index in [2.05, 4.69) is 30.4 Å². The number of ether oxygens (including phenoxy) is 1. The summed E-state index contributed by atoms with van der Waals surface area (Å²) in [5.41, 5.74) is 3.52. The highest BCUT2D eigenvalue weighted by Gasteiger charge is 2.33. The number of aliphatic hydroxyl groups is 1. The molecule has 3 heteroatoms. The van der Waals surface area contributed by atoms with Crippen LogP contribution in [-0.2, 0) is 11.2 Å². The normalized spacial score (nSPS) is 30.7. The minimum Gasteiger partial charge on any atom is -0.386 e. The van der Waals surface area contributed by atoms with Gasteiger partial charge in [0.1, 0.15) is 5.60 Å². The van der Waals surface area contributed by atoms with Crippen LogP contribution in [0.3, 0.4) is 0 Å². The molecule has 18 heavy (non-hydrogen) atoms. The van der Waals surface area contributed by atoms with Crippen molar-refractivity contribution in [3.05, 3.63) is 34.9 Å². The summed E-state index contributed by atoms with van der Waals surface area (Å²) in [6.45, 7) is 3.91. The Kier molecular flexibility index (Phi) is 3.14. The van der Waals surface area contributed by atoms with Gasteiger partial charge in [0, 0.05) is 25.6 Å². The van der Waals surface area contributed by atoms with Crippen molar-refractivity contribution in [3.8, 4) is 0 Å². The Bertz CT molecular complexity index is 438. The van der Waals surface area contributed by atoms with Gasteiger partial charge in [-0.1, -0.05) is 23.8 Å². The molecule has 98 valence electrons. The molecule has 1 aliphatic carbocycles. The number of hydrogen-bond donors (Lipinski definition) is 2. The van der Waals surface area contributed by atoms with Crippen molar-refractivity contribution in [3.63, 3.8) is 0 Å². The van der Waals surface area contributed by atoms with Crippen LogP contribution in [0.2, 0.25) is 0 Å². The van der Waals surface area contributed by atoms with Crippen molar-refractivity contribution in [1.82, 2.24) is 5.32 Å². The first-order valence-corrected chi connectivity index (χ1v) is 6.79. The van der Waals surface area contributed by atoms with E-state index in [4.69, 9.17) is 4.74 Å². The first-order valence-electron chi connectivity index (χ1n) is 6.79. The number of hydrogen-bond acceptors (Lipinski definition) is 3. The maximum Gasteiger partial charge on any atom is 0.103 e. The number of benzene rings is 1. The second-order valence-corrected chi connectivity index (χ2v) is 5.70. The van der Waals surface area contributed by atoms with E-state index in [0.29, 0.717) is 25.8 Å². The first-order chi connectivity index (χ1) is 8.66. The molecular formula is C15H21NO2. The first kappa shape index (κ1) is 12.2. The number of aryl methyl sites for hydroxylation is 2. The fourth-order valence-corrected chi connectivity index (χ4v) is 2.98. The van der Waals surface area contributed by atoms with Crippen LogP contribution >= 0.6 is 0 Å². The van der Waals surface area contributed by atoms with Crippen molar-refractivity contribution in [2.75, 3.05) is 19.8 Å². The highest BCUT2D eigenvalue weighted by Crippen LogP contribution is 2.32. The predicted octanol–water partition coefficient (Wildman–Crippen LogP) is 1.72. The highest BCUT2D eigenvalue weighted by atomic mass is 16.5. The average molecular weight is 247 g/mol. The monoisotopic (exact) mass is 247 g/mol. The van der Waals surface area contributed by atoms with Crippen LogP contribution < -0.4 is 5.32 Å². The Balaban J connectivity index is 1.67. The molecule has 0 spiro atoms. The van der Waals surface area contributed by atoms with Gasteiger partial charge in [-0.25, -0.2) is 0 Å². The maximum atomic E-state index is 10.3. The van der Waals surface area contributed by atoms with E-state index < -0.39 is 5.60 Å². The second kappa shape index (κ2) is 4.65. The van der Waals surface area contributed by atoms with Crippen LogP contribution in [0.25, 0.3) is 0 Å². The maximum absolute atomic E-state index is 10.3. The zero-order valence-corrected chi connectivity index (χ0v) is 10.9. The fourth-order valence-electron chi connectivity index (χ4n) is 2.98. The van der Waals surface area contributed by atoms with Crippen molar-refractivity contribution in [2.45, 2.75) is 37.8 Å². The Hall–Kier alpha value is -0.900. The van der Waals surface area contributed by atoms with Crippen LogP contribution in [0.4, 0.5) is 0 Å². The van der Waals surface area contributed by atoms with Crippen LogP contribution in [0.5, 0.6) is 0 Å². The van der Waals surface area contributed by atoms with E-state index in [1.54, 1.807) is 0 Å². The summed E-state index contributed by atoms with van der Waals surface area (Å²) in [6, 6.07) is 7.08. The summed E-state index contributed by atoms with van der Waals surface area (Å²) in [6.07, 6.45) is 3.02. The third kappa shape index (κ3) is 2.30. The predicted molar refractivity (Wildman–Crippen MR) is 70.6 cm³/mol. The molecule has 0 bridgehead atoms. The summed E-state index contributed by atoms with van der Waals surface area (Å²) in [7, 11) is 0. The molecular weight excluding hydrogens is 226 g/mol. The van der Waals surface area contributed by atoms with E-state index in [9.17, 15) is 5.11 Å². The van der Waals surface area contributed by atoms with E-state index in [1.807, 2.05) is 0 Å². The van der Waals surface area contributed by atoms with Gasteiger partial charge in [-0.3, -0.25) is 0 Å². The average Bonchev–Trinajstić information content (AvgIpc) is 2.94. The second-order valence-electron chi connectivity index (χ2n) is 5.70. The van der Waals surface area contributed by atoms with E-state index >= 15 is 0 Å². The molecule has 0 amide bonds. The minimum atomic E-state index is -0.660. The molecule has 0 aromatic heterocycles. The zero-order valence-electron chi connectivity index (χ0n) is 10.9. The van der Waals surface area contributed by atoms with Crippen molar-refractivity contribution >= 4 is 0 Å². The molecule has 1 heterocycles. The lowest BCUT2D eigenvalue weighted by Gasteiger charge is -2.24. The van der Waals surface area contributed by atoms with Gasteiger partial charge in [0.05, 0.1) is 6.61 Å². The lowest BCUT2D eigenvalue weighted by Crippen LogP contribution is -2.42. The molecule has 1 aliphatic heterocycles. The number of nitrogens with one attached hydrogen (secondary N) is 1. The van der Waals surface area contributed by atoms with E-state index in [1.165, 1.54) is 16.7 Å². The Morgan fingerprint density at radius 3 is 3.17 bits per heavy atom. The molecule has 1 aromatic rings. The number of fused-ring (bicyclic) bond motifs is 1. The van der Waals surface area contributed by atoms with Crippen LogP contribution in [0.15, 0.2) is 18.2 Å². The lowest BCUT2D eigenvalue weighted by molar-refractivity contribution is 0.0248. The summed E-state index contributed by atoms with van der Waals surface area (Å²) in [4.78, 5) is 0. The quantitative estimate of drug-likeness (QED) is 0.854. The van der Waals surface area contributed by atoms with Crippen molar-refractivity contribution in [2.24, 2.45) is 0 Å². The SMILES string of the molecule is Cc1ccc2c(c1)C(NCC1(O)CCOC1)CC2. The molecule has 2 aliphatic rings. The molecule has 2 unspecified atom stereocenters. The van der Waals surface area contributed by atoms with Gasteiger partial charge < -0.3 is 15.2 Å². The largest absolute Gasteiger partial charge is 0.386 e. The van der Waals surface area contributed by atoms with Gasteiger partial charge in [0.25, 0.3) is 0 Å². The van der Waals surface area contributed by atoms with Crippen LogP contribution in [0, 0.1) is 6.92 Å². The van der Waals surface area contributed by atoms with Gasteiger partial charge in [0.2, 0.25) is 0 Å². The third-order valence-electron chi connectivity index (χ3n) is 4.14. The van der Waals surface area contributed by atoms with Crippen molar-refractivity contribution in [1.29, 1.82) is 0 Å². The van der Waals surface area contributed by atoms with E-state index in [-0.39, 0.29) is 0 Å². The summed E-state index contributed by atoms with van der Waals surface area (Å²) in [5, 5.41) is 13.8. The summed E-state index contributed by atoms with van der Waals surface area (Å²) in [5.74, 6) is 0. The Morgan fingerprint density at radius 2 is 2.39 bits per heavy atom. The molecule has 3 rings (SSSR count). The topological polar surface area (TPSA) is 41.5 Å². The van der Waals surface area contributed by atoms with Gasteiger partial charge in [-0.2, -0.15) is 0 Å². The molecule has 1 saturated heterocycles. The van der Waals surface area contributed by atoms with E-state index in [0.717, 1.165) is 19.3 Å². The van der Waals surface area contributed by atoms with Gasteiger partial charge in [-0.05, 0) is 30.9 Å². The standard InChI is InChI=1S/C15H21NO2/c1-11-2-3-12-4-5-14(13(12)8-11)16-9-15(17)6-7-18-10-15/h2-3,8,14,16-17H,4-7,9-10H2,1H3. The van der Waals surface area contributed by atoms with Crippen molar-refractivity contribution < 1.29 is 9.84 Å². The zero-order chi connectivity index (χ0) is 12.6. The minimum absolute atomic E-state index is 0.393. The highest BCUT2D eigenvalue weighted by molar-refractivity contribution is 5.37. The molecule has 2 atom stereocenters. The summed E-state index contributed by atoms with van der Waals surface area (Å²) >= 11 is 0. The Morgan fingerprint density at radius 1 is 1.50 bits per heavy atom. The Labute approximate surface area is 108 Å². The van der Waals surface area contributed by atoms with Gasteiger partial charge in [0.15, 0.2) is 0 Å². The molecule has 3 nitrogen and oxygen atoms in total. The molecule has 1 fully saturated rings. The lowest BCUT2D eigenvalue weighted by atomic mass is 10.0. The molecule has 1 aromatic carbocycles. The van der Waals surface area contributed by atoms with Gasteiger partial charge in [-0.15, -0.1) is 0 Å². The summed E-state index contributed by atoms with van der Waals surface area (Å²) < 4.78 is 5.27. The van der Waals surface area contributed by atoms with Gasteiger partial charge >= 0.3 is 0 Å². The van der Waals surface area contributed by atoms with Crippen LogP contribution in [0.1, 0.15) is 35.6 Å². The molecule has 0 radical (unpaired) electrons. The number of rotatable bonds is 3. The molecule has 0 saturated carbocycles. The van der Waals surface area contributed by atoms with Crippen LogP contribution in [-0.4, -0.2) is 30.5 Å². The molecule has 2 N–H and O–H groups in total. The smallest absolute Gasteiger partial charge is 0.103 e. The fraction of sp³-hybridized carbons (Fsp3) is 0.600. The third-order valence-corrected chi connectivity index (χ3v) is 4.14.